The quantitative estimate of drug-likeness (QED) is 0.603. The maximum Gasteiger partial charge on any atom is 0.315 e. The van der Waals surface area contributed by atoms with Crippen LogP contribution in [0.25, 0.3) is 0 Å². The molecule has 0 aliphatic carbocycles. The van der Waals surface area contributed by atoms with E-state index >= 15 is 0 Å². The predicted octanol–water partition coefficient (Wildman–Crippen LogP) is 2.74. The summed E-state index contributed by atoms with van der Waals surface area (Å²) < 4.78 is 13.0. The van der Waals surface area contributed by atoms with E-state index in [0.29, 0.717) is 13.0 Å². The van der Waals surface area contributed by atoms with E-state index in [1.807, 2.05) is 12.1 Å². The Morgan fingerprint density at radius 3 is 2.42 bits per heavy atom. The van der Waals surface area contributed by atoms with Crippen molar-refractivity contribution in [3.05, 3.63) is 59.5 Å². The monoisotopic (exact) mass is 427 g/mol. The molecule has 0 bridgehead atoms. The van der Waals surface area contributed by atoms with Gasteiger partial charge in [0.15, 0.2) is 0 Å². The van der Waals surface area contributed by atoms with Crippen molar-refractivity contribution in [1.82, 2.24) is 15.6 Å². The number of carbonyl (C=O) groups is 2. The topological polar surface area (TPSA) is 100 Å². The van der Waals surface area contributed by atoms with Crippen molar-refractivity contribution in [1.29, 1.82) is 0 Å². The maximum absolute atomic E-state index is 13.0. The average Bonchev–Trinajstić information content (AvgIpc) is 3.06. The van der Waals surface area contributed by atoms with Crippen molar-refractivity contribution in [3.63, 3.8) is 0 Å². The number of carbonyl (C=O) groups excluding carboxylic acids is 2. The van der Waals surface area contributed by atoms with Gasteiger partial charge in [-0.3, -0.25) is 4.79 Å². The Kier molecular flexibility index (Phi) is 8.20. The van der Waals surface area contributed by atoms with Crippen LogP contribution in [0.1, 0.15) is 36.8 Å². The second kappa shape index (κ2) is 11.3. The number of nitrogens with zero attached hydrogens (tertiary/aromatic N) is 2. The van der Waals surface area contributed by atoms with E-state index in [1.165, 1.54) is 37.8 Å². The molecule has 1 aliphatic rings. The molecule has 1 unspecified atom stereocenters. The van der Waals surface area contributed by atoms with Gasteiger partial charge >= 0.3 is 6.03 Å². The van der Waals surface area contributed by atoms with Gasteiger partial charge in [0.1, 0.15) is 11.6 Å². The van der Waals surface area contributed by atoms with Crippen LogP contribution >= 0.6 is 0 Å². The standard InChI is InChI=1S/C23H30FN5O2/c24-20-7-5-17(6-8-20)13-19(22(25)30)16-28-23(31)27-15-18-9-10-26-21(14-18)29-11-3-1-2-4-12-29/h5-10,14,19H,1-4,11-13,15-16H2,(H2,25,30)(H2,27,28,31). The van der Waals surface area contributed by atoms with Crippen molar-refractivity contribution in [2.24, 2.45) is 11.7 Å². The fraction of sp³-hybridized carbons (Fsp3) is 0.435. The number of pyridine rings is 1. The van der Waals surface area contributed by atoms with E-state index in [1.54, 1.807) is 18.3 Å². The fourth-order valence-electron chi connectivity index (χ4n) is 3.68. The number of rotatable bonds is 8. The Morgan fingerprint density at radius 1 is 1.03 bits per heavy atom. The molecule has 2 heterocycles. The second-order valence-electron chi connectivity index (χ2n) is 7.92. The highest BCUT2D eigenvalue weighted by Crippen LogP contribution is 2.18. The molecule has 1 aromatic heterocycles. The minimum absolute atomic E-state index is 0.105. The second-order valence-corrected chi connectivity index (χ2v) is 7.92. The first-order chi connectivity index (χ1) is 15.0. The highest BCUT2D eigenvalue weighted by Gasteiger charge is 2.17. The van der Waals surface area contributed by atoms with Crippen LogP contribution in [0.5, 0.6) is 0 Å². The molecule has 31 heavy (non-hydrogen) atoms. The number of amides is 3. The third-order valence-electron chi connectivity index (χ3n) is 5.50. The van der Waals surface area contributed by atoms with Gasteiger partial charge < -0.3 is 21.3 Å². The Morgan fingerprint density at radius 2 is 1.74 bits per heavy atom. The van der Waals surface area contributed by atoms with E-state index < -0.39 is 11.8 Å². The van der Waals surface area contributed by atoms with Gasteiger partial charge in [-0.05, 0) is 54.7 Å². The molecule has 166 valence electrons. The maximum atomic E-state index is 13.0. The van der Waals surface area contributed by atoms with Crippen molar-refractivity contribution < 1.29 is 14.0 Å². The summed E-state index contributed by atoms with van der Waals surface area (Å²) in [7, 11) is 0. The molecule has 3 rings (SSSR count). The molecule has 1 aromatic carbocycles. The number of nitrogens with two attached hydrogens (primary N) is 1. The van der Waals surface area contributed by atoms with Crippen LogP contribution in [0, 0.1) is 11.7 Å². The molecule has 2 aromatic rings. The van der Waals surface area contributed by atoms with E-state index in [9.17, 15) is 14.0 Å². The zero-order chi connectivity index (χ0) is 22.1. The minimum atomic E-state index is -0.577. The van der Waals surface area contributed by atoms with Crippen LogP contribution in [0.4, 0.5) is 15.0 Å². The van der Waals surface area contributed by atoms with Crippen LogP contribution in [0.15, 0.2) is 42.6 Å². The molecule has 1 atom stereocenters. The van der Waals surface area contributed by atoms with Gasteiger partial charge in [-0.2, -0.15) is 0 Å². The molecule has 0 saturated carbocycles. The van der Waals surface area contributed by atoms with Gasteiger partial charge in [0.2, 0.25) is 5.91 Å². The highest BCUT2D eigenvalue weighted by atomic mass is 19.1. The zero-order valence-corrected chi connectivity index (χ0v) is 17.6. The predicted molar refractivity (Wildman–Crippen MR) is 118 cm³/mol. The number of anilines is 1. The van der Waals surface area contributed by atoms with Crippen molar-refractivity contribution in [3.8, 4) is 0 Å². The average molecular weight is 428 g/mol. The first-order valence-electron chi connectivity index (χ1n) is 10.8. The fourth-order valence-corrected chi connectivity index (χ4v) is 3.68. The SMILES string of the molecule is NC(=O)C(CNC(=O)NCc1ccnc(N2CCCCCC2)c1)Cc1ccc(F)cc1. The van der Waals surface area contributed by atoms with Gasteiger partial charge in [-0.1, -0.05) is 25.0 Å². The molecule has 0 radical (unpaired) electrons. The van der Waals surface area contributed by atoms with Crippen LogP contribution in [0.2, 0.25) is 0 Å². The summed E-state index contributed by atoms with van der Waals surface area (Å²) in [5.41, 5.74) is 7.21. The van der Waals surface area contributed by atoms with E-state index in [0.717, 1.165) is 30.0 Å². The molecular weight excluding hydrogens is 397 g/mol. The first-order valence-corrected chi connectivity index (χ1v) is 10.8. The lowest BCUT2D eigenvalue weighted by molar-refractivity contribution is -0.121. The highest BCUT2D eigenvalue weighted by molar-refractivity contribution is 5.79. The van der Waals surface area contributed by atoms with Gasteiger partial charge in [0.25, 0.3) is 0 Å². The largest absolute Gasteiger partial charge is 0.369 e. The summed E-state index contributed by atoms with van der Waals surface area (Å²) in [6, 6.07) is 9.39. The Hall–Kier alpha value is -3.16. The summed E-state index contributed by atoms with van der Waals surface area (Å²) in [4.78, 5) is 30.7. The van der Waals surface area contributed by atoms with E-state index in [2.05, 4.69) is 20.5 Å². The molecule has 1 fully saturated rings. The summed E-state index contributed by atoms with van der Waals surface area (Å²) >= 11 is 0. The Balaban J connectivity index is 1.48. The first kappa shape index (κ1) is 22.5. The third kappa shape index (κ3) is 7.24. The van der Waals surface area contributed by atoms with E-state index in [-0.39, 0.29) is 18.4 Å². The molecular formula is C23H30FN5O2. The molecule has 1 aliphatic heterocycles. The normalized spacial score (nSPS) is 15.1. The van der Waals surface area contributed by atoms with Gasteiger partial charge in [-0.15, -0.1) is 0 Å². The van der Waals surface area contributed by atoms with Crippen LogP contribution in [0.3, 0.4) is 0 Å². The Bertz CT molecular complexity index is 867. The molecule has 7 nitrogen and oxygen atoms in total. The number of aromatic nitrogens is 1. The number of nitrogens with one attached hydrogen (secondary N) is 2. The summed E-state index contributed by atoms with van der Waals surface area (Å²) in [6.07, 6.45) is 6.95. The van der Waals surface area contributed by atoms with Crippen LogP contribution in [-0.4, -0.2) is 36.6 Å². The number of primary amides is 1. The summed E-state index contributed by atoms with van der Waals surface area (Å²) in [6.45, 7) is 2.47. The molecule has 3 amide bonds. The molecule has 1 saturated heterocycles. The lowest BCUT2D eigenvalue weighted by atomic mass is 9.98. The number of halogens is 1. The zero-order valence-electron chi connectivity index (χ0n) is 17.6. The Labute approximate surface area is 182 Å². The molecule has 0 spiro atoms. The van der Waals surface area contributed by atoms with Gasteiger partial charge in [0.05, 0.1) is 5.92 Å². The summed E-state index contributed by atoms with van der Waals surface area (Å²) in [5, 5.41) is 5.51. The number of hydrogen-bond donors (Lipinski definition) is 3. The van der Waals surface area contributed by atoms with Gasteiger partial charge in [-0.25, -0.2) is 14.2 Å². The van der Waals surface area contributed by atoms with Crippen molar-refractivity contribution in [2.45, 2.75) is 38.6 Å². The minimum Gasteiger partial charge on any atom is -0.369 e. The number of urea groups is 1. The van der Waals surface area contributed by atoms with Gasteiger partial charge in [0, 0.05) is 32.4 Å². The molecule has 8 heteroatoms. The lowest BCUT2D eigenvalue weighted by Gasteiger charge is -2.21. The van der Waals surface area contributed by atoms with E-state index in [4.69, 9.17) is 5.73 Å². The number of benzene rings is 1. The third-order valence-corrected chi connectivity index (χ3v) is 5.50. The number of hydrogen-bond acceptors (Lipinski definition) is 4. The van der Waals surface area contributed by atoms with Crippen molar-refractivity contribution in [2.75, 3.05) is 24.5 Å². The summed E-state index contributed by atoms with van der Waals surface area (Å²) in [5.74, 6) is -0.491. The van der Waals surface area contributed by atoms with Crippen molar-refractivity contribution >= 4 is 17.8 Å². The smallest absolute Gasteiger partial charge is 0.315 e. The molecule has 4 N–H and O–H groups in total. The lowest BCUT2D eigenvalue weighted by Crippen LogP contribution is -2.41. The van der Waals surface area contributed by atoms with Crippen LogP contribution in [-0.2, 0) is 17.8 Å². The van der Waals surface area contributed by atoms with Crippen LogP contribution < -0.4 is 21.3 Å².